The molecule has 1 aromatic rings. The number of nitrogens with zero attached hydrogens (tertiary/aromatic N) is 2. The molecule has 0 aliphatic carbocycles. The van der Waals surface area contributed by atoms with Gasteiger partial charge in [-0.25, -0.2) is 0 Å². The first-order chi connectivity index (χ1) is 8.62. The predicted octanol–water partition coefficient (Wildman–Crippen LogP) is 1.16. The molecule has 18 heavy (non-hydrogen) atoms. The van der Waals surface area contributed by atoms with E-state index in [-0.39, 0.29) is 5.69 Å². The molecule has 0 aliphatic heterocycles. The van der Waals surface area contributed by atoms with Gasteiger partial charge in [0.25, 0.3) is 5.69 Å². The lowest BCUT2D eigenvalue weighted by Crippen LogP contribution is -1.99. The Morgan fingerprint density at radius 2 is 2.22 bits per heavy atom. The Bertz CT molecular complexity index is 523. The number of non-ortho nitro benzene ring substituents is 1. The van der Waals surface area contributed by atoms with E-state index in [2.05, 4.69) is 10.3 Å². The first-order valence-electron chi connectivity index (χ1n) is 4.96. The molecule has 1 rings (SSSR count). The topological polar surface area (TPSA) is 111 Å². The first kappa shape index (κ1) is 13.4. The smallest absolute Gasteiger partial charge is 0.272 e. The molecule has 1 amide bonds. The van der Waals surface area contributed by atoms with Crippen molar-refractivity contribution in [2.24, 2.45) is 10.7 Å². The summed E-state index contributed by atoms with van der Waals surface area (Å²) in [6.07, 6.45) is 3.21. The second-order valence-corrected chi connectivity index (χ2v) is 3.30. The third kappa shape index (κ3) is 3.14. The highest BCUT2D eigenvalue weighted by Crippen LogP contribution is 2.24. The minimum Gasteiger partial charge on any atom is -0.404 e. The van der Waals surface area contributed by atoms with E-state index in [1.807, 2.05) is 0 Å². The summed E-state index contributed by atoms with van der Waals surface area (Å²) in [7, 11) is 1.56. The molecule has 3 N–H and O–H groups in total. The summed E-state index contributed by atoms with van der Waals surface area (Å²) >= 11 is 0. The largest absolute Gasteiger partial charge is 0.404 e. The van der Waals surface area contributed by atoms with E-state index in [9.17, 15) is 14.9 Å². The Morgan fingerprint density at radius 3 is 2.72 bits per heavy atom. The number of carbonyl (C=O) groups is 1. The molecule has 0 atom stereocenters. The molecule has 0 aromatic heterocycles. The molecule has 7 heteroatoms. The Kier molecular flexibility index (Phi) is 4.56. The number of aliphatic imine (C=N–C) groups is 1. The van der Waals surface area contributed by atoms with Crippen molar-refractivity contribution in [3.05, 3.63) is 40.1 Å². The molecule has 0 saturated carbocycles. The first-order valence-corrected chi connectivity index (χ1v) is 4.96. The van der Waals surface area contributed by atoms with Crippen LogP contribution in [0.3, 0.4) is 0 Å². The lowest BCUT2D eigenvalue weighted by molar-refractivity contribution is -0.384. The highest BCUT2D eigenvalue weighted by Gasteiger charge is 2.11. The van der Waals surface area contributed by atoms with Gasteiger partial charge in [-0.2, -0.15) is 0 Å². The van der Waals surface area contributed by atoms with Crippen LogP contribution in [0.25, 0.3) is 5.57 Å². The number of rotatable bonds is 5. The normalized spacial score (nSPS) is 11.5. The molecular weight excluding hydrogens is 236 g/mol. The van der Waals surface area contributed by atoms with Gasteiger partial charge in [-0.05, 0) is 11.6 Å². The van der Waals surface area contributed by atoms with Gasteiger partial charge in [0.05, 0.1) is 4.92 Å². The maximum Gasteiger partial charge on any atom is 0.272 e. The van der Waals surface area contributed by atoms with Gasteiger partial charge in [0.2, 0.25) is 6.41 Å². The molecule has 0 saturated heterocycles. The van der Waals surface area contributed by atoms with E-state index in [1.165, 1.54) is 24.5 Å². The Hall–Kier alpha value is -2.70. The predicted molar refractivity (Wildman–Crippen MR) is 69.4 cm³/mol. The number of benzene rings is 1. The second-order valence-electron chi connectivity index (χ2n) is 3.30. The van der Waals surface area contributed by atoms with E-state index in [0.29, 0.717) is 23.2 Å². The van der Waals surface area contributed by atoms with Crippen molar-refractivity contribution in [1.82, 2.24) is 0 Å². The highest BCUT2D eigenvalue weighted by atomic mass is 16.6. The number of carbonyl (C=O) groups excluding carboxylic acids is 1. The van der Waals surface area contributed by atoms with Gasteiger partial charge in [-0.15, -0.1) is 0 Å². The molecule has 0 bridgehead atoms. The van der Waals surface area contributed by atoms with Gasteiger partial charge in [0.1, 0.15) is 0 Å². The summed E-state index contributed by atoms with van der Waals surface area (Å²) in [5.74, 6) is 0. The van der Waals surface area contributed by atoms with Crippen LogP contribution < -0.4 is 11.1 Å². The summed E-state index contributed by atoms with van der Waals surface area (Å²) in [4.78, 5) is 24.4. The Balaban J connectivity index is 3.34. The zero-order chi connectivity index (χ0) is 13.5. The lowest BCUT2D eigenvalue weighted by atomic mass is 10.1. The van der Waals surface area contributed by atoms with E-state index in [1.54, 1.807) is 13.1 Å². The Morgan fingerprint density at radius 1 is 1.50 bits per heavy atom. The maximum absolute atomic E-state index is 10.8. The van der Waals surface area contributed by atoms with Crippen LogP contribution in [-0.4, -0.2) is 24.6 Å². The standard InChI is InChI=1S/C11H12N4O3/c1-13-6-9(5-12)8-2-10(14-7-16)4-11(3-8)15(17)18/h2-7H,12H2,1H3,(H,14,16). The van der Waals surface area contributed by atoms with Gasteiger partial charge in [-0.1, -0.05) is 0 Å². The third-order valence-corrected chi connectivity index (χ3v) is 2.14. The van der Waals surface area contributed by atoms with Crippen molar-refractivity contribution in [1.29, 1.82) is 0 Å². The summed E-state index contributed by atoms with van der Waals surface area (Å²) in [5.41, 5.74) is 6.63. The zero-order valence-electron chi connectivity index (χ0n) is 9.66. The fourth-order valence-corrected chi connectivity index (χ4v) is 1.39. The number of nitro benzene ring substituents is 1. The summed E-state index contributed by atoms with van der Waals surface area (Å²) < 4.78 is 0. The maximum atomic E-state index is 10.8. The minimum absolute atomic E-state index is 0.138. The zero-order valence-corrected chi connectivity index (χ0v) is 9.66. The third-order valence-electron chi connectivity index (χ3n) is 2.14. The second kappa shape index (κ2) is 6.14. The van der Waals surface area contributed by atoms with Crippen molar-refractivity contribution in [2.45, 2.75) is 0 Å². The molecule has 94 valence electrons. The minimum atomic E-state index is -0.545. The highest BCUT2D eigenvalue weighted by molar-refractivity contribution is 6.10. The van der Waals surface area contributed by atoms with E-state index < -0.39 is 4.92 Å². The summed E-state index contributed by atoms with van der Waals surface area (Å²) in [6.45, 7) is 0. The number of nitrogens with two attached hydrogens (primary N) is 1. The SMILES string of the molecule is CN=CC(=CN)c1cc(NC=O)cc([N+](=O)[O-])c1. The van der Waals surface area contributed by atoms with E-state index in [0.717, 1.165) is 0 Å². The number of nitro groups is 1. The van der Waals surface area contributed by atoms with Gasteiger partial charge in [0, 0.05) is 42.9 Å². The van der Waals surface area contributed by atoms with Crippen molar-refractivity contribution >= 4 is 29.6 Å². The van der Waals surface area contributed by atoms with E-state index >= 15 is 0 Å². The van der Waals surface area contributed by atoms with Gasteiger partial charge < -0.3 is 11.1 Å². The van der Waals surface area contributed by atoms with Gasteiger partial charge in [-0.3, -0.25) is 19.9 Å². The molecular formula is C11H12N4O3. The van der Waals surface area contributed by atoms with Crippen molar-refractivity contribution in [2.75, 3.05) is 12.4 Å². The number of amides is 1. The molecule has 0 heterocycles. The number of hydrogen-bond donors (Lipinski definition) is 2. The number of anilines is 1. The van der Waals surface area contributed by atoms with Crippen LogP contribution in [0.15, 0.2) is 29.4 Å². The average Bonchev–Trinajstić information content (AvgIpc) is 2.35. The molecule has 1 aromatic carbocycles. The molecule has 0 radical (unpaired) electrons. The molecule has 7 nitrogen and oxygen atoms in total. The van der Waals surface area contributed by atoms with Crippen molar-refractivity contribution in [3.8, 4) is 0 Å². The quantitative estimate of drug-likeness (QED) is 0.352. The van der Waals surface area contributed by atoms with Crippen LogP contribution >= 0.6 is 0 Å². The monoisotopic (exact) mass is 248 g/mol. The van der Waals surface area contributed by atoms with Crippen molar-refractivity contribution in [3.63, 3.8) is 0 Å². The van der Waals surface area contributed by atoms with Gasteiger partial charge in [0.15, 0.2) is 0 Å². The number of hydrogen-bond acceptors (Lipinski definition) is 5. The van der Waals surface area contributed by atoms with Crippen LogP contribution in [0, 0.1) is 10.1 Å². The van der Waals surface area contributed by atoms with Crippen LogP contribution in [0.5, 0.6) is 0 Å². The van der Waals surface area contributed by atoms with Crippen LogP contribution in [-0.2, 0) is 4.79 Å². The van der Waals surface area contributed by atoms with Gasteiger partial charge >= 0.3 is 0 Å². The average molecular weight is 248 g/mol. The van der Waals surface area contributed by atoms with Crippen LogP contribution in [0.2, 0.25) is 0 Å². The number of nitrogens with one attached hydrogen (secondary N) is 1. The summed E-state index contributed by atoms with van der Waals surface area (Å²) in [5, 5.41) is 13.2. The fraction of sp³-hybridized carbons (Fsp3) is 0.0909. The Labute approximate surface area is 103 Å². The van der Waals surface area contributed by atoms with E-state index in [4.69, 9.17) is 5.73 Å². The van der Waals surface area contributed by atoms with Crippen molar-refractivity contribution < 1.29 is 9.72 Å². The molecule has 0 fully saturated rings. The lowest BCUT2D eigenvalue weighted by Gasteiger charge is -2.05. The molecule has 0 aliphatic rings. The van der Waals surface area contributed by atoms with Crippen LogP contribution in [0.1, 0.15) is 5.56 Å². The fourth-order valence-electron chi connectivity index (χ4n) is 1.39. The van der Waals surface area contributed by atoms with Crippen LogP contribution in [0.4, 0.5) is 11.4 Å². The molecule has 0 unspecified atom stereocenters. The molecule has 0 spiro atoms. The summed E-state index contributed by atoms with van der Waals surface area (Å²) in [6, 6.07) is 4.19. The number of allylic oxidation sites excluding steroid dienone is 1.